The van der Waals surface area contributed by atoms with Crippen LogP contribution in [0.5, 0.6) is 0 Å². The molecule has 0 aliphatic rings. The van der Waals surface area contributed by atoms with Crippen molar-refractivity contribution in [2.45, 2.75) is 17.8 Å². The van der Waals surface area contributed by atoms with Crippen LogP contribution in [0, 0.1) is 17.0 Å². The van der Waals surface area contributed by atoms with Gasteiger partial charge >= 0.3 is 0 Å². The van der Waals surface area contributed by atoms with E-state index in [0.717, 1.165) is 5.56 Å². The number of carbonyl (C=O) groups is 1. The summed E-state index contributed by atoms with van der Waals surface area (Å²) >= 11 is 2.59. The molecule has 28 heavy (non-hydrogen) atoms. The van der Waals surface area contributed by atoms with E-state index in [1.54, 1.807) is 19.1 Å². The Kier molecular flexibility index (Phi) is 6.56. The number of aromatic nitrogens is 2. The number of nitro benzene ring substituents is 1. The van der Waals surface area contributed by atoms with Crippen molar-refractivity contribution in [3.63, 3.8) is 0 Å². The molecule has 0 saturated carbocycles. The summed E-state index contributed by atoms with van der Waals surface area (Å²) in [5, 5.41) is 25.7. The normalized spacial score (nSPS) is 10.5. The number of benzene rings is 2. The summed E-state index contributed by atoms with van der Waals surface area (Å²) in [7, 11) is 0. The maximum atomic E-state index is 12.2. The molecule has 0 aliphatic carbocycles. The van der Waals surface area contributed by atoms with Crippen molar-refractivity contribution in [2.75, 3.05) is 16.4 Å². The molecule has 0 spiro atoms. The van der Waals surface area contributed by atoms with Crippen LogP contribution >= 0.6 is 23.1 Å². The minimum atomic E-state index is -0.509. The third kappa shape index (κ3) is 5.27. The zero-order chi connectivity index (χ0) is 19.9. The van der Waals surface area contributed by atoms with Crippen molar-refractivity contribution < 1.29 is 9.72 Å². The Morgan fingerprint density at radius 1 is 1.18 bits per heavy atom. The maximum absolute atomic E-state index is 12.2. The summed E-state index contributed by atoms with van der Waals surface area (Å²) < 4.78 is 0.644. The lowest BCUT2D eigenvalue weighted by Gasteiger charge is -2.08. The van der Waals surface area contributed by atoms with E-state index in [1.807, 2.05) is 30.3 Å². The fourth-order valence-electron chi connectivity index (χ4n) is 2.38. The Morgan fingerprint density at radius 2 is 1.96 bits per heavy atom. The minimum Gasteiger partial charge on any atom is -0.356 e. The maximum Gasteiger partial charge on any atom is 0.293 e. The van der Waals surface area contributed by atoms with Gasteiger partial charge in [-0.3, -0.25) is 14.9 Å². The summed E-state index contributed by atoms with van der Waals surface area (Å²) in [5.74, 6) is -0.255. The van der Waals surface area contributed by atoms with Gasteiger partial charge in [0.2, 0.25) is 11.0 Å². The van der Waals surface area contributed by atoms with Crippen molar-refractivity contribution in [1.82, 2.24) is 10.2 Å². The first kappa shape index (κ1) is 19.8. The molecule has 0 unspecified atom stereocenters. The second-order valence-corrected chi connectivity index (χ2v) is 7.98. The monoisotopic (exact) mass is 415 g/mol. The molecular weight excluding hydrogens is 398 g/mol. The Morgan fingerprint density at radius 3 is 2.71 bits per heavy atom. The molecule has 0 atom stereocenters. The highest BCUT2D eigenvalue weighted by molar-refractivity contribution is 8.01. The van der Waals surface area contributed by atoms with Crippen LogP contribution in [-0.2, 0) is 11.3 Å². The lowest BCUT2D eigenvalue weighted by atomic mass is 10.1. The summed E-state index contributed by atoms with van der Waals surface area (Å²) in [4.78, 5) is 22.8. The fraction of sp³-hybridized carbons (Fsp3) is 0.167. The highest BCUT2D eigenvalue weighted by atomic mass is 32.2. The van der Waals surface area contributed by atoms with Gasteiger partial charge in [0.1, 0.15) is 5.69 Å². The summed E-state index contributed by atoms with van der Waals surface area (Å²) in [6, 6.07) is 14.6. The minimum absolute atomic E-state index is 0.0821. The number of nitro groups is 1. The number of aryl methyl sites for hydroxylation is 1. The quantitative estimate of drug-likeness (QED) is 0.324. The predicted molar refractivity (Wildman–Crippen MR) is 111 cm³/mol. The highest BCUT2D eigenvalue weighted by Crippen LogP contribution is 2.29. The van der Waals surface area contributed by atoms with E-state index in [0.29, 0.717) is 21.6 Å². The number of anilines is 2. The molecule has 144 valence electrons. The number of hydrogen-bond acceptors (Lipinski definition) is 8. The summed E-state index contributed by atoms with van der Waals surface area (Å²) in [5.41, 5.74) is 1.87. The molecule has 3 rings (SSSR count). The second-order valence-electron chi connectivity index (χ2n) is 5.78. The van der Waals surface area contributed by atoms with E-state index in [9.17, 15) is 14.9 Å². The molecule has 1 amide bonds. The molecule has 0 bridgehead atoms. The molecule has 0 fully saturated rings. The van der Waals surface area contributed by atoms with Crippen LogP contribution in [0.2, 0.25) is 0 Å². The van der Waals surface area contributed by atoms with Crippen LogP contribution in [0.1, 0.15) is 11.1 Å². The molecule has 10 heteroatoms. The average molecular weight is 416 g/mol. The fourth-order valence-corrected chi connectivity index (χ4v) is 3.93. The predicted octanol–water partition coefficient (Wildman–Crippen LogP) is 4.10. The zero-order valence-corrected chi connectivity index (χ0v) is 16.5. The third-order valence-corrected chi connectivity index (χ3v) is 5.75. The molecule has 2 N–H and O–H groups in total. The second kappa shape index (κ2) is 9.29. The molecule has 2 aromatic carbocycles. The van der Waals surface area contributed by atoms with Crippen molar-refractivity contribution in [2.24, 2.45) is 0 Å². The number of rotatable bonds is 8. The van der Waals surface area contributed by atoms with Crippen molar-refractivity contribution in [3.8, 4) is 0 Å². The highest BCUT2D eigenvalue weighted by Gasteiger charge is 2.18. The van der Waals surface area contributed by atoms with Crippen molar-refractivity contribution in [3.05, 3.63) is 69.8 Å². The first-order valence-corrected chi connectivity index (χ1v) is 10.1. The van der Waals surface area contributed by atoms with Crippen molar-refractivity contribution >= 4 is 45.5 Å². The molecule has 0 saturated heterocycles. The number of nitrogens with zero attached hydrogens (tertiary/aromatic N) is 3. The molecule has 1 aromatic heterocycles. The molecule has 8 nitrogen and oxygen atoms in total. The van der Waals surface area contributed by atoms with Gasteiger partial charge in [0.05, 0.1) is 10.7 Å². The lowest BCUT2D eigenvalue weighted by Crippen LogP contribution is -2.16. The van der Waals surface area contributed by atoms with E-state index < -0.39 is 4.92 Å². The summed E-state index contributed by atoms with van der Waals surface area (Å²) in [6.45, 7) is 2.35. The van der Waals surface area contributed by atoms with Crippen LogP contribution < -0.4 is 10.6 Å². The smallest absolute Gasteiger partial charge is 0.293 e. The number of thioether (sulfide) groups is 1. The van der Waals surface area contributed by atoms with Gasteiger partial charge < -0.3 is 10.6 Å². The first-order chi connectivity index (χ1) is 13.5. The SMILES string of the molecule is Cc1cccc([N+](=O)[O-])c1NC(=O)CSc1nnc(NCc2ccccc2)s1. The van der Waals surface area contributed by atoms with Gasteiger partial charge in [-0.05, 0) is 18.1 Å². The number of amides is 1. The van der Waals surface area contributed by atoms with Gasteiger partial charge in [0.25, 0.3) is 5.69 Å². The van der Waals surface area contributed by atoms with Crippen LogP contribution in [0.15, 0.2) is 52.9 Å². The van der Waals surface area contributed by atoms with Crippen LogP contribution in [0.25, 0.3) is 0 Å². The Bertz CT molecular complexity index is 978. The Balaban J connectivity index is 1.53. The van der Waals surface area contributed by atoms with E-state index >= 15 is 0 Å². The van der Waals surface area contributed by atoms with Gasteiger partial charge in [-0.15, -0.1) is 10.2 Å². The first-order valence-electron chi connectivity index (χ1n) is 8.31. The Labute approximate surface area is 169 Å². The van der Waals surface area contributed by atoms with E-state index in [4.69, 9.17) is 0 Å². The molecule has 0 radical (unpaired) electrons. The molecule has 3 aromatic rings. The molecule has 0 aliphatic heterocycles. The van der Waals surface area contributed by atoms with Crippen molar-refractivity contribution in [1.29, 1.82) is 0 Å². The number of hydrogen-bond donors (Lipinski definition) is 2. The van der Waals surface area contributed by atoms with E-state index in [2.05, 4.69) is 20.8 Å². The molecular formula is C18H17N5O3S2. The number of nitrogens with one attached hydrogen (secondary N) is 2. The van der Waals surface area contributed by atoms with Gasteiger partial charge in [0.15, 0.2) is 4.34 Å². The van der Waals surface area contributed by atoms with E-state index in [1.165, 1.54) is 29.2 Å². The van der Waals surface area contributed by atoms with Gasteiger partial charge in [0, 0.05) is 12.6 Å². The molecule has 1 heterocycles. The van der Waals surface area contributed by atoms with Gasteiger partial charge in [-0.1, -0.05) is 65.6 Å². The Hall–Kier alpha value is -2.98. The largest absolute Gasteiger partial charge is 0.356 e. The third-order valence-electron chi connectivity index (χ3n) is 3.73. The summed E-state index contributed by atoms with van der Waals surface area (Å²) in [6.07, 6.45) is 0. The van der Waals surface area contributed by atoms with Crippen LogP contribution in [0.4, 0.5) is 16.5 Å². The average Bonchev–Trinajstić information content (AvgIpc) is 3.15. The van der Waals surface area contributed by atoms with Gasteiger partial charge in [-0.25, -0.2) is 0 Å². The van der Waals surface area contributed by atoms with E-state index in [-0.39, 0.29) is 23.0 Å². The number of para-hydroxylation sites is 1. The topological polar surface area (TPSA) is 110 Å². The van der Waals surface area contributed by atoms with Crippen LogP contribution in [-0.4, -0.2) is 26.8 Å². The van der Waals surface area contributed by atoms with Gasteiger partial charge in [-0.2, -0.15) is 0 Å². The standard InChI is InChI=1S/C18H17N5O3S2/c1-12-6-5-9-14(23(25)26)16(12)20-15(24)11-27-18-22-21-17(28-18)19-10-13-7-3-2-4-8-13/h2-9H,10-11H2,1H3,(H,19,21)(H,20,24). The lowest BCUT2D eigenvalue weighted by molar-refractivity contribution is -0.384. The number of carbonyl (C=O) groups excluding carboxylic acids is 1. The zero-order valence-electron chi connectivity index (χ0n) is 14.9. The van der Waals surface area contributed by atoms with Crippen LogP contribution in [0.3, 0.4) is 0 Å².